The normalized spacial score (nSPS) is 9.94. The van der Waals surface area contributed by atoms with E-state index in [0.29, 0.717) is 11.1 Å². The van der Waals surface area contributed by atoms with Crippen LogP contribution in [0.5, 0.6) is 0 Å². The summed E-state index contributed by atoms with van der Waals surface area (Å²) in [5.41, 5.74) is 4.09. The van der Waals surface area contributed by atoms with E-state index in [0.717, 1.165) is 23.4 Å². The Morgan fingerprint density at radius 2 is 2.06 bits per heavy atom. The standard InChI is InChI=1S/C14H12N2O/c1-10-6-13(9-17)11(2)16(10)14-5-3-4-12(7-14)8-15/h3-7,9H,1-2H3. The number of aromatic nitrogens is 1. The highest BCUT2D eigenvalue weighted by Crippen LogP contribution is 2.20. The van der Waals surface area contributed by atoms with E-state index < -0.39 is 0 Å². The van der Waals surface area contributed by atoms with Crippen molar-refractivity contribution in [2.45, 2.75) is 13.8 Å². The molecule has 3 nitrogen and oxygen atoms in total. The first-order valence-corrected chi connectivity index (χ1v) is 5.32. The summed E-state index contributed by atoms with van der Waals surface area (Å²) in [6.45, 7) is 3.84. The van der Waals surface area contributed by atoms with Gasteiger partial charge in [-0.05, 0) is 38.1 Å². The Morgan fingerprint density at radius 1 is 1.29 bits per heavy atom. The van der Waals surface area contributed by atoms with Crippen molar-refractivity contribution in [3.63, 3.8) is 0 Å². The Kier molecular flexibility index (Phi) is 2.80. The van der Waals surface area contributed by atoms with Crippen LogP contribution in [0.2, 0.25) is 0 Å². The van der Waals surface area contributed by atoms with E-state index in [9.17, 15) is 4.79 Å². The van der Waals surface area contributed by atoms with Gasteiger partial charge in [0.05, 0.1) is 11.6 Å². The SMILES string of the molecule is Cc1cc(C=O)c(C)n1-c1cccc(C#N)c1. The maximum Gasteiger partial charge on any atom is 0.151 e. The molecule has 0 aliphatic heterocycles. The van der Waals surface area contributed by atoms with Gasteiger partial charge < -0.3 is 4.57 Å². The Labute approximate surface area is 99.9 Å². The molecule has 0 spiro atoms. The van der Waals surface area contributed by atoms with Crippen LogP contribution in [0.4, 0.5) is 0 Å². The van der Waals surface area contributed by atoms with Gasteiger partial charge in [-0.3, -0.25) is 4.79 Å². The minimum atomic E-state index is 0.614. The molecular weight excluding hydrogens is 212 g/mol. The van der Waals surface area contributed by atoms with Crippen LogP contribution in [0.25, 0.3) is 5.69 Å². The molecule has 2 aromatic rings. The molecule has 0 bridgehead atoms. The second-order valence-corrected chi connectivity index (χ2v) is 3.94. The van der Waals surface area contributed by atoms with Crippen LogP contribution in [0.3, 0.4) is 0 Å². The van der Waals surface area contributed by atoms with Crippen LogP contribution in [-0.4, -0.2) is 10.9 Å². The average Bonchev–Trinajstić information content (AvgIpc) is 2.64. The molecule has 0 fully saturated rings. The van der Waals surface area contributed by atoms with Gasteiger partial charge in [-0.15, -0.1) is 0 Å². The molecule has 1 aromatic carbocycles. The van der Waals surface area contributed by atoms with Crippen molar-refractivity contribution in [2.75, 3.05) is 0 Å². The van der Waals surface area contributed by atoms with Crippen molar-refractivity contribution < 1.29 is 4.79 Å². The molecule has 1 heterocycles. The number of nitrogens with zero attached hydrogens (tertiary/aromatic N) is 2. The summed E-state index contributed by atoms with van der Waals surface area (Å²) < 4.78 is 1.98. The number of aldehydes is 1. The lowest BCUT2D eigenvalue weighted by molar-refractivity contribution is 0.112. The average molecular weight is 224 g/mol. The third-order valence-electron chi connectivity index (χ3n) is 2.83. The van der Waals surface area contributed by atoms with Gasteiger partial charge >= 0.3 is 0 Å². The molecule has 84 valence electrons. The number of aryl methyl sites for hydroxylation is 1. The molecule has 0 unspecified atom stereocenters. The number of benzene rings is 1. The number of carbonyl (C=O) groups is 1. The highest BCUT2D eigenvalue weighted by Gasteiger charge is 2.09. The van der Waals surface area contributed by atoms with Crippen molar-refractivity contribution in [3.05, 3.63) is 52.8 Å². The molecule has 0 N–H and O–H groups in total. The summed E-state index contributed by atoms with van der Waals surface area (Å²) in [5, 5.41) is 8.88. The smallest absolute Gasteiger partial charge is 0.151 e. The Hall–Kier alpha value is -2.34. The number of carbonyl (C=O) groups excluding carboxylic acids is 1. The molecule has 0 aliphatic carbocycles. The van der Waals surface area contributed by atoms with E-state index in [1.54, 1.807) is 6.07 Å². The first-order valence-electron chi connectivity index (χ1n) is 5.32. The predicted molar refractivity (Wildman–Crippen MR) is 65.3 cm³/mol. The van der Waals surface area contributed by atoms with Crippen molar-refractivity contribution in [1.29, 1.82) is 5.26 Å². The van der Waals surface area contributed by atoms with Gasteiger partial charge in [0.25, 0.3) is 0 Å². The van der Waals surface area contributed by atoms with Crippen LogP contribution < -0.4 is 0 Å². The number of hydrogen-bond acceptors (Lipinski definition) is 2. The fraction of sp³-hybridized carbons (Fsp3) is 0.143. The maximum atomic E-state index is 10.9. The molecule has 0 saturated heterocycles. The van der Waals surface area contributed by atoms with E-state index in [1.807, 2.05) is 42.7 Å². The maximum absolute atomic E-state index is 10.9. The van der Waals surface area contributed by atoms with E-state index in [-0.39, 0.29) is 0 Å². The summed E-state index contributed by atoms with van der Waals surface area (Å²) in [4.78, 5) is 10.9. The number of hydrogen-bond donors (Lipinski definition) is 0. The van der Waals surface area contributed by atoms with E-state index in [4.69, 9.17) is 5.26 Å². The molecule has 1 aromatic heterocycles. The van der Waals surface area contributed by atoms with Gasteiger partial charge in [0.1, 0.15) is 0 Å². The summed E-state index contributed by atoms with van der Waals surface area (Å²) >= 11 is 0. The quantitative estimate of drug-likeness (QED) is 0.736. The first kappa shape index (κ1) is 11.2. The van der Waals surface area contributed by atoms with Gasteiger partial charge in [-0.2, -0.15) is 5.26 Å². The first-order chi connectivity index (χ1) is 8.17. The van der Waals surface area contributed by atoms with Crippen molar-refractivity contribution >= 4 is 6.29 Å². The predicted octanol–water partition coefficient (Wildman–Crippen LogP) is 2.78. The van der Waals surface area contributed by atoms with Crippen LogP contribution in [-0.2, 0) is 0 Å². The third-order valence-corrected chi connectivity index (χ3v) is 2.83. The van der Waals surface area contributed by atoms with Crippen molar-refractivity contribution in [1.82, 2.24) is 4.57 Å². The zero-order chi connectivity index (χ0) is 12.4. The second kappa shape index (κ2) is 4.26. The van der Waals surface area contributed by atoms with E-state index >= 15 is 0 Å². The molecule has 0 radical (unpaired) electrons. The molecular formula is C14H12N2O. The van der Waals surface area contributed by atoms with Crippen LogP contribution in [0, 0.1) is 25.2 Å². The number of rotatable bonds is 2. The summed E-state index contributed by atoms with van der Waals surface area (Å²) in [5.74, 6) is 0. The molecule has 3 heteroatoms. The number of nitriles is 1. The van der Waals surface area contributed by atoms with Gasteiger partial charge in [-0.25, -0.2) is 0 Å². The minimum absolute atomic E-state index is 0.614. The van der Waals surface area contributed by atoms with Crippen LogP contribution in [0.1, 0.15) is 27.3 Å². The Morgan fingerprint density at radius 3 is 2.65 bits per heavy atom. The van der Waals surface area contributed by atoms with Gasteiger partial charge in [-0.1, -0.05) is 6.07 Å². The Bertz CT molecular complexity index is 618. The molecule has 0 aliphatic rings. The van der Waals surface area contributed by atoms with Crippen LogP contribution in [0.15, 0.2) is 30.3 Å². The zero-order valence-corrected chi connectivity index (χ0v) is 9.77. The minimum Gasteiger partial charge on any atom is -0.318 e. The van der Waals surface area contributed by atoms with E-state index in [2.05, 4.69) is 6.07 Å². The van der Waals surface area contributed by atoms with Gasteiger partial charge in [0, 0.05) is 22.6 Å². The van der Waals surface area contributed by atoms with Crippen molar-refractivity contribution in [2.24, 2.45) is 0 Å². The van der Waals surface area contributed by atoms with Gasteiger partial charge in [0.2, 0.25) is 0 Å². The fourth-order valence-corrected chi connectivity index (χ4v) is 2.02. The zero-order valence-electron chi connectivity index (χ0n) is 9.77. The van der Waals surface area contributed by atoms with E-state index in [1.165, 1.54) is 0 Å². The molecule has 17 heavy (non-hydrogen) atoms. The van der Waals surface area contributed by atoms with Crippen molar-refractivity contribution in [3.8, 4) is 11.8 Å². The monoisotopic (exact) mass is 224 g/mol. The lowest BCUT2D eigenvalue weighted by Gasteiger charge is -2.09. The summed E-state index contributed by atoms with van der Waals surface area (Å²) in [7, 11) is 0. The summed E-state index contributed by atoms with van der Waals surface area (Å²) in [6.07, 6.45) is 0.854. The Balaban J connectivity index is 2.64. The fourth-order valence-electron chi connectivity index (χ4n) is 2.02. The summed E-state index contributed by atoms with van der Waals surface area (Å²) in [6, 6.07) is 11.3. The molecule has 0 atom stereocenters. The lowest BCUT2D eigenvalue weighted by Crippen LogP contribution is -1.99. The second-order valence-electron chi connectivity index (χ2n) is 3.94. The largest absolute Gasteiger partial charge is 0.318 e. The molecule has 0 amide bonds. The highest BCUT2D eigenvalue weighted by molar-refractivity contribution is 5.77. The third kappa shape index (κ3) is 1.85. The van der Waals surface area contributed by atoms with Crippen LogP contribution >= 0.6 is 0 Å². The molecule has 0 saturated carbocycles. The lowest BCUT2D eigenvalue weighted by atomic mass is 10.2. The highest BCUT2D eigenvalue weighted by atomic mass is 16.1. The topological polar surface area (TPSA) is 45.8 Å². The molecule has 2 rings (SSSR count). The van der Waals surface area contributed by atoms with Gasteiger partial charge in [0.15, 0.2) is 6.29 Å².